The first kappa shape index (κ1) is 35.0. The van der Waals surface area contributed by atoms with Crippen LogP contribution in [0.1, 0.15) is 220 Å². The van der Waals surface area contributed by atoms with Crippen molar-refractivity contribution in [3.63, 3.8) is 0 Å². The van der Waals surface area contributed by atoms with Gasteiger partial charge in [0.2, 0.25) is 0 Å². The Morgan fingerprint density at radius 1 is 0.257 bits per heavy atom. The number of hydrogen-bond acceptors (Lipinski definition) is 0. The van der Waals surface area contributed by atoms with E-state index in [0.717, 1.165) is 0 Å². The maximum Gasteiger partial charge on any atom is -0.0354 e. The zero-order chi connectivity index (χ0) is 25.7. The molecule has 0 aliphatic rings. The van der Waals surface area contributed by atoms with E-state index in [2.05, 4.69) is 27.7 Å². The maximum atomic E-state index is 2.53. The summed E-state index contributed by atoms with van der Waals surface area (Å²) in [5.41, 5.74) is 0.578. The van der Waals surface area contributed by atoms with Gasteiger partial charge in [-0.05, 0) is 18.3 Å². The van der Waals surface area contributed by atoms with Crippen LogP contribution in [0, 0.1) is 5.41 Å². The molecule has 0 radical (unpaired) electrons. The Bertz CT molecular complexity index is 334. The largest absolute Gasteiger partial charge is 0.0654 e. The normalized spacial score (nSPS) is 12.0. The van der Waals surface area contributed by atoms with E-state index >= 15 is 0 Å². The van der Waals surface area contributed by atoms with Crippen molar-refractivity contribution in [1.29, 1.82) is 0 Å². The predicted octanol–water partition coefficient (Wildman–Crippen LogP) is 13.8. The topological polar surface area (TPSA) is 0 Å². The zero-order valence-corrected chi connectivity index (χ0v) is 25.7. The first-order valence-corrected chi connectivity index (χ1v) is 17.1. The highest BCUT2D eigenvalue weighted by atomic mass is 14.2. The number of unbranched alkanes of at least 4 members (excludes halogenated alkanes) is 26. The van der Waals surface area contributed by atoms with E-state index in [0.29, 0.717) is 5.41 Å². The molecule has 0 heteroatoms. The van der Waals surface area contributed by atoms with Crippen molar-refractivity contribution in [2.24, 2.45) is 5.41 Å². The molecule has 0 bridgehead atoms. The summed E-state index contributed by atoms with van der Waals surface area (Å²) in [7, 11) is 0. The van der Waals surface area contributed by atoms with Gasteiger partial charge in [0.1, 0.15) is 0 Å². The summed E-state index contributed by atoms with van der Waals surface area (Å²) < 4.78 is 0. The molecular formula is C35H72. The second-order valence-corrected chi connectivity index (χ2v) is 12.9. The van der Waals surface area contributed by atoms with Gasteiger partial charge >= 0.3 is 0 Å². The first-order chi connectivity index (χ1) is 17.1. The summed E-state index contributed by atoms with van der Waals surface area (Å²) >= 11 is 0. The molecule has 0 N–H and O–H groups in total. The van der Waals surface area contributed by atoms with Gasteiger partial charge in [-0.2, -0.15) is 0 Å². The van der Waals surface area contributed by atoms with Crippen molar-refractivity contribution in [1.82, 2.24) is 0 Å². The van der Waals surface area contributed by atoms with Gasteiger partial charge in [-0.1, -0.05) is 207 Å². The summed E-state index contributed by atoms with van der Waals surface area (Å²) in [5, 5.41) is 0. The highest BCUT2D eigenvalue weighted by molar-refractivity contribution is 4.69. The van der Waals surface area contributed by atoms with Crippen molar-refractivity contribution in [2.45, 2.75) is 220 Å². The predicted molar refractivity (Wildman–Crippen MR) is 164 cm³/mol. The summed E-state index contributed by atoms with van der Waals surface area (Å²) in [4.78, 5) is 0. The van der Waals surface area contributed by atoms with E-state index in [4.69, 9.17) is 0 Å². The van der Waals surface area contributed by atoms with Gasteiger partial charge in [0.05, 0.1) is 0 Å². The maximum absolute atomic E-state index is 2.53. The molecule has 0 aromatic rings. The van der Waals surface area contributed by atoms with Crippen molar-refractivity contribution < 1.29 is 0 Å². The first-order valence-electron chi connectivity index (χ1n) is 17.1. The van der Waals surface area contributed by atoms with Crippen LogP contribution in [0.3, 0.4) is 0 Å². The SMILES string of the molecule is CCCCCCCCCCCCCCCCC(C)(C)CCCCCCCCCCCCCCCC. The molecule has 0 unspecified atom stereocenters. The molecule has 35 heavy (non-hydrogen) atoms. The van der Waals surface area contributed by atoms with E-state index < -0.39 is 0 Å². The monoisotopic (exact) mass is 493 g/mol. The fourth-order valence-electron chi connectivity index (χ4n) is 5.72. The lowest BCUT2D eigenvalue weighted by Gasteiger charge is -2.24. The molecular weight excluding hydrogens is 420 g/mol. The Morgan fingerprint density at radius 2 is 0.429 bits per heavy atom. The van der Waals surface area contributed by atoms with Crippen molar-refractivity contribution >= 4 is 0 Å². The molecule has 0 aromatic carbocycles. The lowest BCUT2D eigenvalue weighted by atomic mass is 9.81. The molecule has 212 valence electrons. The van der Waals surface area contributed by atoms with Crippen LogP contribution in [0.15, 0.2) is 0 Å². The Balaban J connectivity index is 3.28. The number of hydrogen-bond donors (Lipinski definition) is 0. The standard InChI is InChI=1S/C35H72/c1-5-7-9-11-13-15-17-19-21-23-25-27-29-31-33-35(3,4)34-32-30-28-26-24-22-20-18-16-14-12-10-8-6-2/h5-34H2,1-4H3. The van der Waals surface area contributed by atoms with Crippen LogP contribution in [-0.4, -0.2) is 0 Å². The van der Waals surface area contributed by atoms with E-state index in [9.17, 15) is 0 Å². The third-order valence-electron chi connectivity index (χ3n) is 8.41. The summed E-state index contributed by atoms with van der Waals surface area (Å²) in [6.07, 6.45) is 44.0. The summed E-state index contributed by atoms with van der Waals surface area (Å²) in [5.74, 6) is 0. The van der Waals surface area contributed by atoms with E-state index in [-0.39, 0.29) is 0 Å². The van der Waals surface area contributed by atoms with Crippen molar-refractivity contribution in [2.75, 3.05) is 0 Å². The van der Waals surface area contributed by atoms with Crippen LogP contribution in [0.5, 0.6) is 0 Å². The molecule has 0 aromatic heterocycles. The van der Waals surface area contributed by atoms with Crippen LogP contribution >= 0.6 is 0 Å². The third kappa shape index (κ3) is 30.1. The molecule has 0 saturated carbocycles. The molecule has 0 aliphatic heterocycles. The zero-order valence-electron chi connectivity index (χ0n) is 25.7. The Morgan fingerprint density at radius 3 is 0.629 bits per heavy atom. The van der Waals surface area contributed by atoms with Gasteiger partial charge in [-0.25, -0.2) is 0 Å². The van der Waals surface area contributed by atoms with Crippen molar-refractivity contribution in [3.8, 4) is 0 Å². The second-order valence-electron chi connectivity index (χ2n) is 12.9. The lowest BCUT2D eigenvalue weighted by Crippen LogP contribution is -2.11. The molecule has 0 saturated heterocycles. The molecule has 0 nitrogen and oxygen atoms in total. The quantitative estimate of drug-likeness (QED) is 0.0874. The van der Waals surface area contributed by atoms with Gasteiger partial charge in [0, 0.05) is 0 Å². The van der Waals surface area contributed by atoms with Crippen molar-refractivity contribution in [3.05, 3.63) is 0 Å². The van der Waals surface area contributed by atoms with Crippen LogP contribution in [0.25, 0.3) is 0 Å². The van der Waals surface area contributed by atoms with Gasteiger partial charge in [-0.15, -0.1) is 0 Å². The van der Waals surface area contributed by atoms with Crippen LogP contribution in [-0.2, 0) is 0 Å². The van der Waals surface area contributed by atoms with Crippen LogP contribution in [0.4, 0.5) is 0 Å². The minimum atomic E-state index is 0.578. The second kappa shape index (κ2) is 28.6. The van der Waals surface area contributed by atoms with E-state index in [1.807, 2.05) is 0 Å². The molecule has 0 amide bonds. The Labute approximate surface area is 225 Å². The van der Waals surface area contributed by atoms with E-state index in [1.54, 1.807) is 0 Å². The summed E-state index contributed by atoms with van der Waals surface area (Å²) in [6, 6.07) is 0. The fourth-order valence-corrected chi connectivity index (χ4v) is 5.72. The van der Waals surface area contributed by atoms with Crippen LogP contribution < -0.4 is 0 Å². The average Bonchev–Trinajstić information content (AvgIpc) is 2.84. The highest BCUT2D eigenvalue weighted by Crippen LogP contribution is 2.30. The van der Waals surface area contributed by atoms with Gasteiger partial charge in [-0.3, -0.25) is 0 Å². The highest BCUT2D eigenvalue weighted by Gasteiger charge is 2.16. The van der Waals surface area contributed by atoms with E-state index in [1.165, 1.54) is 193 Å². The smallest absolute Gasteiger partial charge is 0.0354 e. The molecule has 0 spiro atoms. The molecule has 0 heterocycles. The minimum Gasteiger partial charge on any atom is -0.0654 e. The molecule has 0 atom stereocenters. The number of rotatable bonds is 30. The Kier molecular flexibility index (Phi) is 28.6. The van der Waals surface area contributed by atoms with Gasteiger partial charge < -0.3 is 0 Å². The van der Waals surface area contributed by atoms with Gasteiger partial charge in [0.15, 0.2) is 0 Å². The van der Waals surface area contributed by atoms with Gasteiger partial charge in [0.25, 0.3) is 0 Å². The summed E-state index contributed by atoms with van der Waals surface area (Å²) in [6.45, 7) is 9.67. The van der Waals surface area contributed by atoms with Crippen LogP contribution in [0.2, 0.25) is 0 Å². The average molecular weight is 493 g/mol. The molecule has 0 fully saturated rings. The lowest BCUT2D eigenvalue weighted by molar-refractivity contribution is 0.282. The molecule has 0 rings (SSSR count). The fraction of sp³-hybridized carbons (Fsp3) is 1.00. The Hall–Kier alpha value is 0. The minimum absolute atomic E-state index is 0.578. The third-order valence-corrected chi connectivity index (χ3v) is 8.41. The molecule has 0 aliphatic carbocycles.